The van der Waals surface area contributed by atoms with Crippen molar-refractivity contribution in [2.45, 2.75) is 18.2 Å². The van der Waals surface area contributed by atoms with Gasteiger partial charge in [-0.3, -0.25) is 4.79 Å². The molecule has 0 aliphatic carbocycles. The van der Waals surface area contributed by atoms with Crippen molar-refractivity contribution in [2.24, 2.45) is 0 Å². The van der Waals surface area contributed by atoms with Crippen LogP contribution in [0.4, 0.5) is 0 Å². The molecule has 0 saturated carbocycles. The molecule has 1 nitrogen and oxygen atoms in total. The van der Waals surface area contributed by atoms with E-state index in [1.54, 1.807) is 11.8 Å². The van der Waals surface area contributed by atoms with Gasteiger partial charge < -0.3 is 0 Å². The lowest BCUT2D eigenvalue weighted by atomic mass is 10.1. The third-order valence-electron chi connectivity index (χ3n) is 2.11. The van der Waals surface area contributed by atoms with Crippen LogP contribution in [-0.2, 0) is 6.42 Å². The zero-order chi connectivity index (χ0) is 8.55. The summed E-state index contributed by atoms with van der Waals surface area (Å²) in [5, 5.41) is 0. The topological polar surface area (TPSA) is 17.1 Å². The van der Waals surface area contributed by atoms with Gasteiger partial charge in [-0.25, -0.2) is 0 Å². The molecule has 2 rings (SSSR count). The number of Topliss-reactive ketones (excluding diaryl/α,β-unsaturated/α-hetero) is 1. The van der Waals surface area contributed by atoms with Gasteiger partial charge in [-0.2, -0.15) is 0 Å². The maximum Gasteiger partial charge on any atom is 0.174 e. The van der Waals surface area contributed by atoms with E-state index < -0.39 is 0 Å². The zero-order valence-electron chi connectivity index (χ0n) is 6.96. The summed E-state index contributed by atoms with van der Waals surface area (Å²) in [4.78, 5) is 12.5. The fraction of sp³-hybridized carbons (Fsp3) is 0.300. The highest BCUT2D eigenvalue weighted by Crippen LogP contribution is 2.31. The van der Waals surface area contributed by atoms with Gasteiger partial charge in [0.2, 0.25) is 0 Å². The summed E-state index contributed by atoms with van der Waals surface area (Å²) in [7, 11) is 0. The first-order chi connectivity index (χ1) is 5.81. The molecule has 1 aromatic carbocycles. The lowest BCUT2D eigenvalue weighted by Gasteiger charge is -1.99. The number of thioether (sulfide) groups is 1. The molecule has 0 radical (unpaired) electrons. The van der Waals surface area contributed by atoms with E-state index in [-0.39, 0.29) is 5.78 Å². The van der Waals surface area contributed by atoms with E-state index in [1.165, 1.54) is 5.56 Å². The second kappa shape index (κ2) is 2.94. The van der Waals surface area contributed by atoms with Crippen LogP contribution in [0.25, 0.3) is 0 Å². The molecule has 1 aliphatic rings. The van der Waals surface area contributed by atoms with Gasteiger partial charge in [-0.1, -0.05) is 13.0 Å². The molecule has 0 atom stereocenters. The number of aryl methyl sites for hydroxylation is 1. The second-order valence-corrected chi connectivity index (χ2v) is 3.91. The predicted molar refractivity (Wildman–Crippen MR) is 50.9 cm³/mol. The first-order valence-electron chi connectivity index (χ1n) is 4.10. The van der Waals surface area contributed by atoms with Crippen molar-refractivity contribution in [3.8, 4) is 0 Å². The third kappa shape index (κ3) is 1.16. The summed E-state index contributed by atoms with van der Waals surface area (Å²) in [6.45, 7) is 2.11. The summed E-state index contributed by atoms with van der Waals surface area (Å²) < 4.78 is 0. The van der Waals surface area contributed by atoms with E-state index in [2.05, 4.69) is 19.1 Å². The Kier molecular flexibility index (Phi) is 1.93. The zero-order valence-corrected chi connectivity index (χ0v) is 7.78. The molecule has 0 spiro atoms. The quantitative estimate of drug-likeness (QED) is 0.657. The lowest BCUT2D eigenvalue weighted by Crippen LogP contribution is -1.95. The maximum atomic E-state index is 11.3. The van der Waals surface area contributed by atoms with E-state index in [1.807, 2.05) is 6.07 Å². The first kappa shape index (κ1) is 7.87. The van der Waals surface area contributed by atoms with Gasteiger partial charge in [0.15, 0.2) is 5.78 Å². The number of benzene rings is 1. The standard InChI is InChI=1S/C10H10OS/c1-2-7-3-4-10-8(5-7)9(11)6-12-10/h3-5H,2,6H2,1H3. The molecular weight excluding hydrogens is 168 g/mol. The molecule has 1 aromatic rings. The summed E-state index contributed by atoms with van der Waals surface area (Å²) in [6, 6.07) is 6.19. The molecule has 12 heavy (non-hydrogen) atoms. The molecule has 2 heteroatoms. The normalized spacial score (nSPS) is 14.9. The van der Waals surface area contributed by atoms with Crippen LogP contribution in [0.15, 0.2) is 23.1 Å². The number of rotatable bonds is 1. The van der Waals surface area contributed by atoms with E-state index in [0.717, 1.165) is 16.9 Å². The van der Waals surface area contributed by atoms with Crippen LogP contribution in [0.5, 0.6) is 0 Å². The monoisotopic (exact) mass is 178 g/mol. The van der Waals surface area contributed by atoms with Gasteiger partial charge in [-0.05, 0) is 24.1 Å². The molecule has 0 aromatic heterocycles. The Labute approximate surface area is 76.2 Å². The molecule has 0 amide bonds. The minimum Gasteiger partial charge on any atom is -0.293 e. The van der Waals surface area contributed by atoms with Crippen molar-refractivity contribution in [2.75, 3.05) is 5.75 Å². The fourth-order valence-corrected chi connectivity index (χ4v) is 2.30. The van der Waals surface area contributed by atoms with Crippen molar-refractivity contribution in [1.29, 1.82) is 0 Å². The van der Waals surface area contributed by atoms with Crippen LogP contribution >= 0.6 is 11.8 Å². The Morgan fingerprint density at radius 2 is 2.33 bits per heavy atom. The fourth-order valence-electron chi connectivity index (χ4n) is 1.36. The average molecular weight is 178 g/mol. The van der Waals surface area contributed by atoms with E-state index in [4.69, 9.17) is 0 Å². The summed E-state index contributed by atoms with van der Waals surface area (Å²) in [5.41, 5.74) is 2.18. The largest absolute Gasteiger partial charge is 0.293 e. The van der Waals surface area contributed by atoms with Crippen molar-refractivity contribution in [1.82, 2.24) is 0 Å². The maximum absolute atomic E-state index is 11.3. The molecule has 62 valence electrons. The smallest absolute Gasteiger partial charge is 0.174 e. The van der Waals surface area contributed by atoms with Crippen LogP contribution < -0.4 is 0 Å². The summed E-state index contributed by atoms with van der Waals surface area (Å²) in [5.74, 6) is 0.910. The summed E-state index contributed by atoms with van der Waals surface area (Å²) >= 11 is 1.65. The van der Waals surface area contributed by atoms with Gasteiger partial charge in [-0.15, -0.1) is 11.8 Å². The highest BCUT2D eigenvalue weighted by molar-refractivity contribution is 8.00. The van der Waals surface area contributed by atoms with Crippen molar-refractivity contribution in [3.63, 3.8) is 0 Å². The number of carbonyl (C=O) groups excluding carboxylic acids is 1. The number of hydrogen-bond acceptors (Lipinski definition) is 2. The molecule has 1 aliphatic heterocycles. The molecule has 0 saturated heterocycles. The third-order valence-corrected chi connectivity index (χ3v) is 3.18. The van der Waals surface area contributed by atoms with Crippen LogP contribution in [0, 0.1) is 0 Å². The Bertz CT molecular complexity index is 331. The van der Waals surface area contributed by atoms with Crippen LogP contribution in [0.1, 0.15) is 22.8 Å². The van der Waals surface area contributed by atoms with Gasteiger partial charge >= 0.3 is 0 Å². The Balaban J connectivity index is 2.50. The number of ketones is 1. The van der Waals surface area contributed by atoms with Crippen LogP contribution in [0.3, 0.4) is 0 Å². The Morgan fingerprint density at radius 3 is 3.08 bits per heavy atom. The Morgan fingerprint density at radius 1 is 1.50 bits per heavy atom. The van der Waals surface area contributed by atoms with Crippen LogP contribution in [0.2, 0.25) is 0 Å². The van der Waals surface area contributed by atoms with Gasteiger partial charge in [0.05, 0.1) is 5.75 Å². The molecule has 1 heterocycles. The molecule has 0 bridgehead atoms. The minimum atomic E-state index is 0.283. The highest BCUT2D eigenvalue weighted by Gasteiger charge is 2.19. The second-order valence-electron chi connectivity index (χ2n) is 2.90. The van der Waals surface area contributed by atoms with Crippen molar-refractivity contribution >= 4 is 17.5 Å². The van der Waals surface area contributed by atoms with E-state index in [9.17, 15) is 4.79 Å². The highest BCUT2D eigenvalue weighted by atomic mass is 32.2. The number of fused-ring (bicyclic) bond motifs is 1. The SMILES string of the molecule is CCc1ccc2c(c1)C(=O)CS2. The van der Waals surface area contributed by atoms with Gasteiger partial charge in [0.25, 0.3) is 0 Å². The first-order valence-corrected chi connectivity index (χ1v) is 5.08. The summed E-state index contributed by atoms with van der Waals surface area (Å²) in [6.07, 6.45) is 1.01. The molecule has 0 fully saturated rings. The van der Waals surface area contributed by atoms with Crippen molar-refractivity contribution < 1.29 is 4.79 Å². The molecular formula is C10H10OS. The number of carbonyl (C=O) groups is 1. The van der Waals surface area contributed by atoms with Crippen molar-refractivity contribution in [3.05, 3.63) is 29.3 Å². The molecule has 0 unspecified atom stereocenters. The predicted octanol–water partition coefficient (Wildman–Crippen LogP) is 2.54. The van der Waals surface area contributed by atoms with Gasteiger partial charge in [0, 0.05) is 10.5 Å². The van der Waals surface area contributed by atoms with Crippen LogP contribution in [-0.4, -0.2) is 11.5 Å². The van der Waals surface area contributed by atoms with E-state index >= 15 is 0 Å². The number of hydrogen-bond donors (Lipinski definition) is 0. The average Bonchev–Trinajstić information content (AvgIpc) is 2.47. The Hall–Kier alpha value is -0.760. The molecule has 0 N–H and O–H groups in total. The lowest BCUT2D eigenvalue weighted by molar-refractivity contribution is 0.102. The minimum absolute atomic E-state index is 0.283. The van der Waals surface area contributed by atoms with E-state index in [0.29, 0.717) is 5.75 Å². The van der Waals surface area contributed by atoms with Gasteiger partial charge in [0.1, 0.15) is 0 Å².